The van der Waals surface area contributed by atoms with Crippen molar-refractivity contribution in [1.82, 2.24) is 0 Å². The fourth-order valence-electron chi connectivity index (χ4n) is 4.40. The van der Waals surface area contributed by atoms with Crippen LogP contribution in [0.5, 0.6) is 5.75 Å². The second-order valence-corrected chi connectivity index (χ2v) is 9.07. The summed E-state index contributed by atoms with van der Waals surface area (Å²) in [5.41, 5.74) is 5.70. The highest BCUT2D eigenvalue weighted by Crippen LogP contribution is 2.37. The highest BCUT2D eigenvalue weighted by Gasteiger charge is 2.19. The summed E-state index contributed by atoms with van der Waals surface area (Å²) in [7, 11) is 1.34. The topological polar surface area (TPSA) is 35.5 Å². The van der Waals surface area contributed by atoms with Crippen LogP contribution in [-0.2, 0) is 9.53 Å². The second-order valence-electron chi connectivity index (χ2n) is 8.66. The summed E-state index contributed by atoms with van der Waals surface area (Å²) in [5, 5.41) is 0.705. The molecule has 0 aromatic heterocycles. The predicted octanol–water partition coefficient (Wildman–Crippen LogP) is 7.52. The first-order chi connectivity index (χ1) is 15.5. The molecule has 0 bridgehead atoms. The SMILES string of the molecule is COC(=O)COc1ccc(-c2ccc(-c3ccc(C4CCC(C)CC4)cc3)cc2Cl)cc1. The highest BCUT2D eigenvalue weighted by molar-refractivity contribution is 6.33. The van der Waals surface area contributed by atoms with E-state index in [1.165, 1.54) is 43.9 Å². The third-order valence-corrected chi connectivity index (χ3v) is 6.76. The Hall–Kier alpha value is -2.78. The third-order valence-electron chi connectivity index (χ3n) is 6.45. The molecule has 0 radical (unpaired) electrons. The maximum Gasteiger partial charge on any atom is 0.343 e. The predicted molar refractivity (Wildman–Crippen MR) is 130 cm³/mol. The van der Waals surface area contributed by atoms with Crippen molar-refractivity contribution in [3.8, 4) is 28.0 Å². The maximum absolute atomic E-state index is 11.2. The van der Waals surface area contributed by atoms with Gasteiger partial charge in [0.1, 0.15) is 5.75 Å². The van der Waals surface area contributed by atoms with Crippen LogP contribution in [0.1, 0.15) is 44.1 Å². The number of carbonyl (C=O) groups excluding carboxylic acids is 1. The first-order valence-electron chi connectivity index (χ1n) is 11.2. The van der Waals surface area contributed by atoms with E-state index in [1.807, 2.05) is 30.3 Å². The first kappa shape index (κ1) is 22.4. The molecule has 0 aliphatic heterocycles. The lowest BCUT2D eigenvalue weighted by atomic mass is 9.79. The van der Waals surface area contributed by atoms with Crippen LogP contribution in [0.25, 0.3) is 22.3 Å². The van der Waals surface area contributed by atoms with Gasteiger partial charge in [-0.1, -0.05) is 79.9 Å². The molecular weight excluding hydrogens is 420 g/mol. The molecule has 1 aliphatic rings. The quantitative estimate of drug-likeness (QED) is 0.366. The number of hydrogen-bond acceptors (Lipinski definition) is 3. The van der Waals surface area contributed by atoms with Gasteiger partial charge in [0.25, 0.3) is 0 Å². The molecule has 0 N–H and O–H groups in total. The van der Waals surface area contributed by atoms with Crippen molar-refractivity contribution >= 4 is 17.6 Å². The lowest BCUT2D eigenvalue weighted by Crippen LogP contribution is -2.12. The minimum Gasteiger partial charge on any atom is -0.482 e. The molecule has 3 aromatic carbocycles. The van der Waals surface area contributed by atoms with E-state index in [2.05, 4.69) is 48.1 Å². The average Bonchev–Trinajstić information content (AvgIpc) is 2.83. The lowest BCUT2D eigenvalue weighted by molar-refractivity contribution is -0.142. The largest absolute Gasteiger partial charge is 0.482 e. The van der Waals surface area contributed by atoms with Gasteiger partial charge in [0.15, 0.2) is 6.61 Å². The van der Waals surface area contributed by atoms with Gasteiger partial charge in [0.05, 0.1) is 7.11 Å². The molecule has 1 saturated carbocycles. The molecule has 4 rings (SSSR count). The van der Waals surface area contributed by atoms with Crippen molar-refractivity contribution in [2.75, 3.05) is 13.7 Å². The summed E-state index contributed by atoms with van der Waals surface area (Å²) < 4.78 is 10.00. The van der Waals surface area contributed by atoms with Crippen molar-refractivity contribution in [2.45, 2.75) is 38.5 Å². The van der Waals surface area contributed by atoms with Crippen molar-refractivity contribution in [3.63, 3.8) is 0 Å². The van der Waals surface area contributed by atoms with Crippen LogP contribution in [0.2, 0.25) is 5.02 Å². The molecule has 0 unspecified atom stereocenters. The van der Waals surface area contributed by atoms with E-state index in [0.717, 1.165) is 22.6 Å². The van der Waals surface area contributed by atoms with Gasteiger partial charge in [-0.25, -0.2) is 4.79 Å². The van der Waals surface area contributed by atoms with E-state index in [1.54, 1.807) is 0 Å². The molecule has 0 spiro atoms. The zero-order valence-corrected chi connectivity index (χ0v) is 19.4. The summed E-state index contributed by atoms with van der Waals surface area (Å²) >= 11 is 6.65. The summed E-state index contributed by atoms with van der Waals surface area (Å²) in [6, 6.07) is 22.7. The Morgan fingerprint density at radius 2 is 1.50 bits per heavy atom. The number of carbonyl (C=O) groups is 1. The fraction of sp³-hybridized carbons (Fsp3) is 0.321. The highest BCUT2D eigenvalue weighted by atomic mass is 35.5. The molecular formula is C28H29ClO3. The molecule has 0 saturated heterocycles. The van der Waals surface area contributed by atoms with E-state index >= 15 is 0 Å². The van der Waals surface area contributed by atoms with Crippen molar-refractivity contribution in [1.29, 1.82) is 0 Å². The van der Waals surface area contributed by atoms with Crippen LogP contribution in [0.15, 0.2) is 66.7 Å². The Morgan fingerprint density at radius 3 is 2.12 bits per heavy atom. The van der Waals surface area contributed by atoms with E-state index in [-0.39, 0.29) is 6.61 Å². The fourth-order valence-corrected chi connectivity index (χ4v) is 4.69. The van der Waals surface area contributed by atoms with Crippen LogP contribution in [0, 0.1) is 5.92 Å². The summed E-state index contributed by atoms with van der Waals surface area (Å²) in [4.78, 5) is 11.2. The Morgan fingerprint density at radius 1 is 0.875 bits per heavy atom. The number of benzene rings is 3. The van der Waals surface area contributed by atoms with E-state index in [9.17, 15) is 4.79 Å². The zero-order chi connectivity index (χ0) is 22.5. The van der Waals surface area contributed by atoms with Crippen LogP contribution in [0.3, 0.4) is 0 Å². The lowest BCUT2D eigenvalue weighted by Gasteiger charge is -2.26. The third kappa shape index (κ3) is 5.34. The molecule has 0 atom stereocenters. The summed E-state index contributed by atoms with van der Waals surface area (Å²) in [5.74, 6) is 1.77. The summed E-state index contributed by atoms with van der Waals surface area (Å²) in [6.07, 6.45) is 5.27. The normalized spacial score (nSPS) is 18.2. The minimum absolute atomic E-state index is 0.107. The molecule has 32 heavy (non-hydrogen) atoms. The van der Waals surface area contributed by atoms with Gasteiger partial charge in [-0.15, -0.1) is 0 Å². The van der Waals surface area contributed by atoms with Crippen LogP contribution < -0.4 is 4.74 Å². The molecule has 166 valence electrons. The summed E-state index contributed by atoms with van der Waals surface area (Å²) in [6.45, 7) is 2.25. The van der Waals surface area contributed by atoms with Gasteiger partial charge in [0.2, 0.25) is 0 Å². The molecule has 4 heteroatoms. The van der Waals surface area contributed by atoms with E-state index < -0.39 is 5.97 Å². The molecule has 3 nitrogen and oxygen atoms in total. The van der Waals surface area contributed by atoms with Gasteiger partial charge in [0, 0.05) is 10.6 Å². The van der Waals surface area contributed by atoms with Crippen molar-refractivity contribution < 1.29 is 14.3 Å². The second kappa shape index (κ2) is 10.2. The number of methoxy groups -OCH3 is 1. The van der Waals surface area contributed by atoms with Gasteiger partial charge in [-0.3, -0.25) is 0 Å². The number of esters is 1. The van der Waals surface area contributed by atoms with E-state index in [0.29, 0.717) is 16.7 Å². The standard InChI is InChI=1S/C28H29ClO3/c1-19-3-5-20(6-4-19)21-7-9-22(10-8-21)24-13-16-26(27(29)17-24)23-11-14-25(15-12-23)32-18-28(30)31-2/h7-17,19-20H,3-6,18H2,1-2H3. The van der Waals surface area contributed by atoms with Gasteiger partial charge >= 0.3 is 5.97 Å². The Kier molecular flexibility index (Phi) is 7.16. The minimum atomic E-state index is -0.408. The molecule has 0 amide bonds. The number of hydrogen-bond donors (Lipinski definition) is 0. The zero-order valence-electron chi connectivity index (χ0n) is 18.6. The van der Waals surface area contributed by atoms with Crippen LogP contribution in [-0.4, -0.2) is 19.7 Å². The first-order valence-corrected chi connectivity index (χ1v) is 11.6. The molecule has 0 heterocycles. The van der Waals surface area contributed by atoms with E-state index in [4.69, 9.17) is 16.3 Å². The number of rotatable bonds is 6. The smallest absolute Gasteiger partial charge is 0.343 e. The molecule has 1 aliphatic carbocycles. The number of ether oxygens (including phenoxy) is 2. The Balaban J connectivity index is 1.45. The van der Waals surface area contributed by atoms with Gasteiger partial charge in [-0.2, -0.15) is 0 Å². The average molecular weight is 449 g/mol. The van der Waals surface area contributed by atoms with Crippen LogP contribution in [0.4, 0.5) is 0 Å². The van der Waals surface area contributed by atoms with Crippen LogP contribution >= 0.6 is 11.6 Å². The van der Waals surface area contributed by atoms with Gasteiger partial charge in [-0.05, 0) is 65.1 Å². The number of halogens is 1. The molecule has 1 fully saturated rings. The van der Waals surface area contributed by atoms with Crippen molar-refractivity contribution in [3.05, 3.63) is 77.3 Å². The van der Waals surface area contributed by atoms with Gasteiger partial charge < -0.3 is 9.47 Å². The Labute approximate surface area is 195 Å². The maximum atomic E-state index is 11.2. The molecule has 3 aromatic rings. The monoisotopic (exact) mass is 448 g/mol. The van der Waals surface area contributed by atoms with Crippen molar-refractivity contribution in [2.24, 2.45) is 5.92 Å². The Bertz CT molecular complexity index is 1050.